The first-order valence-corrected chi connectivity index (χ1v) is 7.73. The van der Waals surface area contributed by atoms with Gasteiger partial charge in [-0.3, -0.25) is 14.9 Å². The molecule has 1 saturated heterocycles. The van der Waals surface area contributed by atoms with Crippen LogP contribution in [0.3, 0.4) is 0 Å². The molecule has 1 aromatic carbocycles. The summed E-state index contributed by atoms with van der Waals surface area (Å²) in [4.78, 5) is 36.3. The molecule has 0 saturated carbocycles. The molecule has 0 aromatic heterocycles. The van der Waals surface area contributed by atoms with Gasteiger partial charge in [-0.25, -0.2) is 4.79 Å². The van der Waals surface area contributed by atoms with E-state index >= 15 is 0 Å². The highest BCUT2D eigenvalue weighted by molar-refractivity contribution is 5.92. The zero-order valence-electron chi connectivity index (χ0n) is 13.1. The summed E-state index contributed by atoms with van der Waals surface area (Å²) in [5.41, 5.74) is -0.124. The van der Waals surface area contributed by atoms with E-state index in [2.05, 4.69) is 0 Å². The molecule has 1 aliphatic rings. The number of nitrogens with zero attached hydrogens (tertiary/aromatic N) is 2. The molecule has 7 nitrogen and oxygen atoms in total. The topological polar surface area (TPSA) is 89.7 Å². The normalized spacial score (nSPS) is 16.3. The van der Waals surface area contributed by atoms with Crippen molar-refractivity contribution in [2.24, 2.45) is 0 Å². The quantitative estimate of drug-likeness (QED) is 0.483. The van der Waals surface area contributed by atoms with Crippen molar-refractivity contribution in [3.63, 3.8) is 0 Å². The molecule has 1 heterocycles. The van der Waals surface area contributed by atoms with Crippen molar-refractivity contribution >= 4 is 17.6 Å². The number of amides is 1. The summed E-state index contributed by atoms with van der Waals surface area (Å²) in [5, 5.41) is 10.7. The van der Waals surface area contributed by atoms with Gasteiger partial charge in [0.2, 0.25) is 0 Å². The minimum absolute atomic E-state index is 0.0646. The Hall–Kier alpha value is -2.44. The average molecular weight is 320 g/mol. The van der Waals surface area contributed by atoms with E-state index < -0.39 is 17.0 Å². The molecular formula is C16H20N2O5. The first-order chi connectivity index (χ1) is 11.0. The molecule has 7 heteroatoms. The van der Waals surface area contributed by atoms with Crippen molar-refractivity contribution in [1.29, 1.82) is 0 Å². The third kappa shape index (κ3) is 4.51. The minimum Gasteiger partial charge on any atom is -0.449 e. The molecule has 0 bridgehead atoms. The first-order valence-electron chi connectivity index (χ1n) is 7.73. The number of carbonyl (C=O) groups excluding carboxylic acids is 2. The number of carbonyl (C=O) groups is 2. The van der Waals surface area contributed by atoms with Gasteiger partial charge in [0.05, 0.1) is 10.5 Å². The predicted molar refractivity (Wildman–Crippen MR) is 83.0 cm³/mol. The van der Waals surface area contributed by atoms with Gasteiger partial charge in [-0.1, -0.05) is 18.9 Å². The number of esters is 1. The summed E-state index contributed by atoms with van der Waals surface area (Å²) in [6, 6.07) is 5.28. The lowest BCUT2D eigenvalue weighted by Gasteiger charge is -2.23. The lowest BCUT2D eigenvalue weighted by Crippen LogP contribution is -2.40. The van der Waals surface area contributed by atoms with Crippen LogP contribution in [0.5, 0.6) is 0 Å². The van der Waals surface area contributed by atoms with Gasteiger partial charge >= 0.3 is 5.97 Å². The molecule has 1 aromatic rings. The zero-order valence-corrected chi connectivity index (χ0v) is 13.1. The summed E-state index contributed by atoms with van der Waals surface area (Å²) in [6.45, 7) is 2.89. The predicted octanol–water partition coefficient (Wildman–Crippen LogP) is 2.54. The fourth-order valence-corrected chi connectivity index (χ4v) is 2.57. The lowest BCUT2D eigenvalue weighted by atomic mass is 10.2. The number of benzene rings is 1. The van der Waals surface area contributed by atoms with Gasteiger partial charge in [0.25, 0.3) is 11.6 Å². The van der Waals surface area contributed by atoms with E-state index in [1.165, 1.54) is 25.1 Å². The Labute approximate surface area is 134 Å². The first kappa shape index (κ1) is 16.9. The monoisotopic (exact) mass is 320 g/mol. The van der Waals surface area contributed by atoms with Crippen molar-refractivity contribution in [1.82, 2.24) is 4.90 Å². The van der Waals surface area contributed by atoms with E-state index in [0.717, 1.165) is 31.7 Å². The summed E-state index contributed by atoms with van der Waals surface area (Å²) < 4.78 is 5.17. The fraction of sp³-hybridized carbons (Fsp3) is 0.500. The Bertz CT molecular complexity index is 594. The molecule has 1 atom stereocenters. The highest BCUT2D eigenvalue weighted by Crippen LogP contribution is 2.16. The van der Waals surface area contributed by atoms with Gasteiger partial charge in [0, 0.05) is 25.2 Å². The minimum atomic E-state index is -0.903. The zero-order chi connectivity index (χ0) is 16.8. The maximum absolute atomic E-state index is 12.3. The van der Waals surface area contributed by atoms with Crippen LogP contribution in [0.25, 0.3) is 0 Å². The molecule has 23 heavy (non-hydrogen) atoms. The van der Waals surface area contributed by atoms with Crippen LogP contribution in [0.2, 0.25) is 0 Å². The largest absolute Gasteiger partial charge is 0.449 e. The van der Waals surface area contributed by atoms with Gasteiger partial charge in [-0.2, -0.15) is 0 Å². The second kappa shape index (κ2) is 7.71. The van der Waals surface area contributed by atoms with Gasteiger partial charge in [-0.05, 0) is 25.8 Å². The number of rotatable bonds is 4. The molecule has 0 aliphatic carbocycles. The van der Waals surface area contributed by atoms with Gasteiger partial charge < -0.3 is 9.64 Å². The van der Waals surface area contributed by atoms with Crippen molar-refractivity contribution in [3.8, 4) is 0 Å². The molecule has 1 unspecified atom stereocenters. The molecule has 0 spiro atoms. The maximum atomic E-state index is 12.3. The number of hydrogen-bond acceptors (Lipinski definition) is 5. The van der Waals surface area contributed by atoms with E-state index in [1.54, 1.807) is 4.90 Å². The van der Waals surface area contributed by atoms with Crippen LogP contribution in [-0.2, 0) is 9.53 Å². The summed E-state index contributed by atoms with van der Waals surface area (Å²) in [5.74, 6) is -0.949. The molecular weight excluding hydrogens is 300 g/mol. The van der Waals surface area contributed by atoms with Crippen molar-refractivity contribution < 1.29 is 19.2 Å². The Balaban J connectivity index is 1.99. The van der Waals surface area contributed by atoms with Crippen LogP contribution in [0.4, 0.5) is 5.69 Å². The Morgan fingerprint density at radius 2 is 1.87 bits per heavy atom. The standard InChI is InChI=1S/C16H20N2O5/c1-12(15(19)17-9-4-2-3-5-10-17)23-16(20)13-7-6-8-14(11-13)18(21)22/h6-8,11-12H,2-5,9-10H2,1H3. The number of ether oxygens (including phenoxy) is 1. The second-order valence-electron chi connectivity index (χ2n) is 5.59. The Kier molecular flexibility index (Phi) is 5.67. The highest BCUT2D eigenvalue weighted by Gasteiger charge is 2.25. The summed E-state index contributed by atoms with van der Waals surface area (Å²) >= 11 is 0. The molecule has 2 rings (SSSR count). The number of likely N-dealkylation sites (tertiary alicyclic amines) is 1. The van der Waals surface area contributed by atoms with Crippen LogP contribution < -0.4 is 0 Å². The van der Waals surface area contributed by atoms with Crippen molar-refractivity contribution in [3.05, 3.63) is 39.9 Å². The maximum Gasteiger partial charge on any atom is 0.339 e. The van der Waals surface area contributed by atoms with Crippen LogP contribution in [0.1, 0.15) is 43.0 Å². The Morgan fingerprint density at radius 1 is 1.22 bits per heavy atom. The molecule has 0 N–H and O–H groups in total. The number of nitro benzene ring substituents is 1. The van der Waals surface area contributed by atoms with Crippen molar-refractivity contribution in [2.75, 3.05) is 13.1 Å². The molecule has 1 fully saturated rings. The van der Waals surface area contributed by atoms with E-state index in [9.17, 15) is 19.7 Å². The third-order valence-corrected chi connectivity index (χ3v) is 3.84. The third-order valence-electron chi connectivity index (χ3n) is 3.84. The Morgan fingerprint density at radius 3 is 2.48 bits per heavy atom. The van der Waals surface area contributed by atoms with Crippen LogP contribution in [0, 0.1) is 10.1 Å². The van der Waals surface area contributed by atoms with Crippen LogP contribution in [0.15, 0.2) is 24.3 Å². The van der Waals surface area contributed by atoms with Gasteiger partial charge in [0.1, 0.15) is 0 Å². The SMILES string of the molecule is CC(OC(=O)c1cccc([N+](=O)[O-])c1)C(=O)N1CCCCCC1. The summed E-state index contributed by atoms with van der Waals surface area (Å²) in [6.07, 6.45) is 3.21. The second-order valence-corrected chi connectivity index (χ2v) is 5.59. The molecule has 1 aliphatic heterocycles. The molecule has 124 valence electrons. The van der Waals surface area contributed by atoms with Gasteiger partial charge in [-0.15, -0.1) is 0 Å². The van der Waals surface area contributed by atoms with Crippen LogP contribution in [-0.4, -0.2) is 40.9 Å². The van der Waals surface area contributed by atoms with E-state index in [-0.39, 0.29) is 17.2 Å². The number of hydrogen-bond donors (Lipinski definition) is 0. The highest BCUT2D eigenvalue weighted by atomic mass is 16.6. The van der Waals surface area contributed by atoms with Crippen molar-refractivity contribution in [2.45, 2.75) is 38.7 Å². The lowest BCUT2D eigenvalue weighted by molar-refractivity contribution is -0.384. The molecule has 0 radical (unpaired) electrons. The van der Waals surface area contributed by atoms with E-state index in [1.807, 2.05) is 0 Å². The number of non-ortho nitro benzene ring substituents is 1. The number of nitro groups is 1. The smallest absolute Gasteiger partial charge is 0.339 e. The summed E-state index contributed by atoms with van der Waals surface area (Å²) in [7, 11) is 0. The van der Waals surface area contributed by atoms with Crippen LogP contribution >= 0.6 is 0 Å². The van der Waals surface area contributed by atoms with Gasteiger partial charge in [0.15, 0.2) is 6.10 Å². The van der Waals surface area contributed by atoms with E-state index in [0.29, 0.717) is 13.1 Å². The fourth-order valence-electron chi connectivity index (χ4n) is 2.57. The van der Waals surface area contributed by atoms with E-state index in [4.69, 9.17) is 4.74 Å². The molecule has 1 amide bonds. The average Bonchev–Trinajstić information content (AvgIpc) is 2.83.